The van der Waals surface area contributed by atoms with Gasteiger partial charge in [-0.25, -0.2) is 0 Å². The van der Waals surface area contributed by atoms with Crippen LogP contribution in [0.15, 0.2) is 0 Å². The van der Waals surface area contributed by atoms with Gasteiger partial charge in [-0.05, 0) is 19.4 Å². The number of aliphatic hydroxyl groups excluding tert-OH is 2. The number of hydrogen-bond donors (Lipinski definition) is 4. The van der Waals surface area contributed by atoms with Crippen LogP contribution in [-0.4, -0.2) is 48.6 Å². The van der Waals surface area contributed by atoms with Crippen molar-refractivity contribution in [1.29, 1.82) is 0 Å². The highest BCUT2D eigenvalue weighted by Crippen LogP contribution is 2.02. The molecule has 0 aromatic carbocycles. The molecule has 1 aliphatic heterocycles. The largest absolute Gasteiger partial charge is 0.394 e. The Bertz CT molecular complexity index is 116. The van der Waals surface area contributed by atoms with Gasteiger partial charge < -0.3 is 20.8 Å². The van der Waals surface area contributed by atoms with Gasteiger partial charge in [-0.15, -0.1) is 0 Å². The maximum absolute atomic E-state index is 9.00. The molecule has 72 valence electrons. The van der Waals surface area contributed by atoms with Crippen molar-refractivity contribution >= 4 is 0 Å². The molecule has 1 aliphatic rings. The van der Waals surface area contributed by atoms with E-state index in [0.717, 1.165) is 13.1 Å². The van der Waals surface area contributed by atoms with Gasteiger partial charge in [0.05, 0.1) is 12.7 Å². The first-order chi connectivity index (χ1) is 5.83. The zero-order chi connectivity index (χ0) is 8.81. The predicted octanol–water partition coefficient (Wildman–Crippen LogP) is -1.32. The summed E-state index contributed by atoms with van der Waals surface area (Å²) in [6.07, 6.45) is 1.84. The Morgan fingerprint density at radius 3 is 3.00 bits per heavy atom. The number of aliphatic hydroxyl groups is 2. The van der Waals surface area contributed by atoms with Gasteiger partial charge in [0.1, 0.15) is 0 Å². The Kier molecular flexibility index (Phi) is 4.53. The van der Waals surface area contributed by atoms with E-state index in [2.05, 4.69) is 10.6 Å². The zero-order valence-corrected chi connectivity index (χ0v) is 7.29. The first-order valence-electron chi connectivity index (χ1n) is 4.56. The quantitative estimate of drug-likeness (QED) is 0.417. The van der Waals surface area contributed by atoms with Crippen LogP contribution in [0.1, 0.15) is 12.8 Å². The molecule has 0 spiro atoms. The van der Waals surface area contributed by atoms with Crippen molar-refractivity contribution in [2.24, 2.45) is 0 Å². The highest BCUT2D eigenvalue weighted by Gasteiger charge is 2.13. The van der Waals surface area contributed by atoms with Crippen molar-refractivity contribution in [2.75, 3.05) is 26.2 Å². The molecule has 2 unspecified atom stereocenters. The molecule has 4 nitrogen and oxygen atoms in total. The average molecular weight is 174 g/mol. The Hall–Kier alpha value is -0.160. The molecule has 0 saturated carbocycles. The Morgan fingerprint density at radius 1 is 1.58 bits per heavy atom. The van der Waals surface area contributed by atoms with Crippen LogP contribution in [0.4, 0.5) is 0 Å². The standard InChI is InChI=1S/C8H18N2O2/c11-6-8(12)5-9-4-7-2-1-3-10-7/h7-12H,1-6H2. The van der Waals surface area contributed by atoms with E-state index in [1.165, 1.54) is 12.8 Å². The SMILES string of the molecule is OCC(O)CNCC1CCCN1. The maximum atomic E-state index is 9.00. The van der Waals surface area contributed by atoms with Gasteiger partial charge in [-0.1, -0.05) is 0 Å². The van der Waals surface area contributed by atoms with Crippen LogP contribution in [0.25, 0.3) is 0 Å². The van der Waals surface area contributed by atoms with Gasteiger partial charge >= 0.3 is 0 Å². The lowest BCUT2D eigenvalue weighted by molar-refractivity contribution is 0.0941. The molecule has 1 saturated heterocycles. The van der Waals surface area contributed by atoms with Gasteiger partial charge in [0, 0.05) is 19.1 Å². The molecule has 4 heteroatoms. The van der Waals surface area contributed by atoms with Crippen molar-refractivity contribution in [3.8, 4) is 0 Å². The monoisotopic (exact) mass is 174 g/mol. The molecule has 0 aromatic heterocycles. The van der Waals surface area contributed by atoms with E-state index in [1.54, 1.807) is 0 Å². The lowest BCUT2D eigenvalue weighted by Crippen LogP contribution is -2.38. The van der Waals surface area contributed by atoms with Crippen LogP contribution in [0.3, 0.4) is 0 Å². The molecule has 2 atom stereocenters. The van der Waals surface area contributed by atoms with Crippen LogP contribution in [0.2, 0.25) is 0 Å². The summed E-state index contributed by atoms with van der Waals surface area (Å²) < 4.78 is 0. The Labute approximate surface area is 73.0 Å². The van der Waals surface area contributed by atoms with Crippen LogP contribution in [0, 0.1) is 0 Å². The third-order valence-electron chi connectivity index (χ3n) is 2.14. The van der Waals surface area contributed by atoms with E-state index >= 15 is 0 Å². The molecule has 0 aliphatic carbocycles. The molecule has 0 bridgehead atoms. The number of hydrogen-bond acceptors (Lipinski definition) is 4. The van der Waals surface area contributed by atoms with Crippen molar-refractivity contribution in [2.45, 2.75) is 25.0 Å². The third-order valence-corrected chi connectivity index (χ3v) is 2.14. The van der Waals surface area contributed by atoms with E-state index in [9.17, 15) is 0 Å². The Balaban J connectivity index is 1.94. The van der Waals surface area contributed by atoms with Crippen molar-refractivity contribution in [3.63, 3.8) is 0 Å². The molecule has 1 rings (SSSR count). The second-order valence-corrected chi connectivity index (χ2v) is 3.29. The second kappa shape index (κ2) is 5.48. The topological polar surface area (TPSA) is 64.5 Å². The zero-order valence-electron chi connectivity index (χ0n) is 7.29. The van der Waals surface area contributed by atoms with Crippen LogP contribution in [0.5, 0.6) is 0 Å². The molecule has 1 fully saturated rings. The summed E-state index contributed by atoms with van der Waals surface area (Å²) in [5.74, 6) is 0. The smallest absolute Gasteiger partial charge is 0.0894 e. The van der Waals surface area contributed by atoms with Crippen LogP contribution < -0.4 is 10.6 Å². The number of rotatable bonds is 5. The van der Waals surface area contributed by atoms with Crippen LogP contribution >= 0.6 is 0 Å². The summed E-state index contributed by atoms with van der Waals surface area (Å²) in [5.41, 5.74) is 0. The fourth-order valence-electron chi connectivity index (χ4n) is 1.42. The highest BCUT2D eigenvalue weighted by atomic mass is 16.3. The first-order valence-corrected chi connectivity index (χ1v) is 4.56. The summed E-state index contributed by atoms with van der Waals surface area (Å²) in [6.45, 7) is 2.31. The lowest BCUT2D eigenvalue weighted by Gasteiger charge is -2.13. The molecule has 4 N–H and O–H groups in total. The van der Waals surface area contributed by atoms with E-state index in [1.807, 2.05) is 0 Å². The first kappa shape index (κ1) is 9.92. The van der Waals surface area contributed by atoms with Gasteiger partial charge in [0.25, 0.3) is 0 Å². The van der Waals surface area contributed by atoms with E-state index in [-0.39, 0.29) is 6.61 Å². The molecule has 0 radical (unpaired) electrons. The summed E-state index contributed by atoms with van der Waals surface area (Å²) in [4.78, 5) is 0. The normalized spacial score (nSPS) is 26.0. The maximum Gasteiger partial charge on any atom is 0.0894 e. The van der Waals surface area contributed by atoms with Crippen LogP contribution in [-0.2, 0) is 0 Å². The highest BCUT2D eigenvalue weighted by molar-refractivity contribution is 4.76. The summed E-state index contributed by atoms with van der Waals surface area (Å²) >= 11 is 0. The van der Waals surface area contributed by atoms with E-state index in [0.29, 0.717) is 12.6 Å². The van der Waals surface area contributed by atoms with E-state index < -0.39 is 6.10 Å². The molecule has 0 amide bonds. The molecule has 12 heavy (non-hydrogen) atoms. The van der Waals surface area contributed by atoms with Gasteiger partial charge in [-0.3, -0.25) is 0 Å². The molecule has 0 aromatic rings. The molecule has 1 heterocycles. The predicted molar refractivity (Wildman–Crippen MR) is 47.0 cm³/mol. The van der Waals surface area contributed by atoms with E-state index in [4.69, 9.17) is 10.2 Å². The summed E-state index contributed by atoms with van der Waals surface area (Å²) in [7, 11) is 0. The van der Waals surface area contributed by atoms with Gasteiger partial charge in [0.15, 0.2) is 0 Å². The van der Waals surface area contributed by atoms with Crippen molar-refractivity contribution in [1.82, 2.24) is 10.6 Å². The minimum atomic E-state index is -0.619. The van der Waals surface area contributed by atoms with Gasteiger partial charge in [-0.2, -0.15) is 0 Å². The third kappa shape index (κ3) is 3.49. The second-order valence-electron chi connectivity index (χ2n) is 3.29. The lowest BCUT2D eigenvalue weighted by atomic mass is 10.2. The molecular formula is C8H18N2O2. The number of nitrogens with one attached hydrogen (secondary N) is 2. The summed E-state index contributed by atoms with van der Waals surface area (Å²) in [6, 6.07) is 0.552. The molecular weight excluding hydrogens is 156 g/mol. The minimum Gasteiger partial charge on any atom is -0.394 e. The Morgan fingerprint density at radius 2 is 2.42 bits per heavy atom. The summed E-state index contributed by atoms with van der Waals surface area (Å²) in [5, 5.41) is 24.0. The van der Waals surface area contributed by atoms with Crippen molar-refractivity contribution in [3.05, 3.63) is 0 Å². The van der Waals surface area contributed by atoms with Crippen molar-refractivity contribution < 1.29 is 10.2 Å². The minimum absolute atomic E-state index is 0.162. The fraction of sp³-hybridized carbons (Fsp3) is 1.00. The fourth-order valence-corrected chi connectivity index (χ4v) is 1.42. The average Bonchev–Trinajstić information content (AvgIpc) is 2.57. The van der Waals surface area contributed by atoms with Gasteiger partial charge in [0.2, 0.25) is 0 Å².